The molecule has 0 spiro atoms. The van der Waals surface area contributed by atoms with Gasteiger partial charge in [0.15, 0.2) is 5.76 Å². The molecule has 0 fully saturated rings. The average molecular weight is 406 g/mol. The van der Waals surface area contributed by atoms with Gasteiger partial charge in [-0.15, -0.1) is 0 Å². The second-order valence-electron chi connectivity index (χ2n) is 7.68. The number of methoxy groups -OCH3 is 2. The van der Waals surface area contributed by atoms with Crippen molar-refractivity contribution >= 4 is 5.97 Å². The Kier molecular flexibility index (Phi) is 5.64. The van der Waals surface area contributed by atoms with Gasteiger partial charge in [0.05, 0.1) is 24.7 Å². The van der Waals surface area contributed by atoms with Crippen LogP contribution in [0.2, 0.25) is 0 Å². The molecule has 5 nitrogen and oxygen atoms in total. The number of hydrogen-bond acceptors (Lipinski definition) is 5. The van der Waals surface area contributed by atoms with Gasteiger partial charge in [-0.1, -0.05) is 42.0 Å². The van der Waals surface area contributed by atoms with Gasteiger partial charge in [-0.25, -0.2) is 4.79 Å². The van der Waals surface area contributed by atoms with Gasteiger partial charge in [0, 0.05) is 19.6 Å². The zero-order chi connectivity index (χ0) is 21.3. The number of allylic oxidation sites excluding steroid dienone is 3. The highest BCUT2D eigenvalue weighted by Crippen LogP contribution is 2.43. The molecule has 0 amide bonds. The van der Waals surface area contributed by atoms with E-state index in [9.17, 15) is 4.79 Å². The van der Waals surface area contributed by atoms with E-state index in [-0.39, 0.29) is 18.0 Å². The molecule has 2 aromatic rings. The van der Waals surface area contributed by atoms with Crippen molar-refractivity contribution in [3.63, 3.8) is 0 Å². The number of fused-ring (bicyclic) bond motifs is 3. The minimum absolute atomic E-state index is 0.0775. The van der Waals surface area contributed by atoms with Gasteiger partial charge in [-0.05, 0) is 36.6 Å². The fraction of sp³-hybridized carbons (Fsp3) is 0.320. The maximum Gasteiger partial charge on any atom is 0.343 e. The van der Waals surface area contributed by atoms with E-state index in [1.165, 1.54) is 5.56 Å². The van der Waals surface area contributed by atoms with Crippen molar-refractivity contribution in [3.8, 4) is 0 Å². The molecular formula is C25H26O5. The average Bonchev–Trinajstić information content (AvgIpc) is 2.77. The first-order valence-corrected chi connectivity index (χ1v) is 10.1. The van der Waals surface area contributed by atoms with Crippen molar-refractivity contribution in [2.24, 2.45) is 0 Å². The predicted octanol–water partition coefficient (Wildman–Crippen LogP) is 5.32. The molecule has 1 heterocycles. The van der Waals surface area contributed by atoms with Crippen LogP contribution < -0.4 is 0 Å². The van der Waals surface area contributed by atoms with Crippen LogP contribution in [0.25, 0.3) is 0 Å². The van der Waals surface area contributed by atoms with Gasteiger partial charge >= 0.3 is 5.97 Å². The molecule has 0 aromatic heterocycles. The molecule has 2 atom stereocenters. The smallest absolute Gasteiger partial charge is 0.343 e. The van der Waals surface area contributed by atoms with Crippen LogP contribution in [-0.4, -0.2) is 20.2 Å². The van der Waals surface area contributed by atoms with E-state index < -0.39 is 0 Å². The van der Waals surface area contributed by atoms with E-state index in [1.54, 1.807) is 20.3 Å². The van der Waals surface area contributed by atoms with Crippen molar-refractivity contribution in [2.45, 2.75) is 38.9 Å². The van der Waals surface area contributed by atoms with Crippen molar-refractivity contribution < 1.29 is 23.7 Å². The summed E-state index contributed by atoms with van der Waals surface area (Å²) in [7, 11) is 3.29. The molecule has 0 radical (unpaired) electrons. The van der Waals surface area contributed by atoms with Gasteiger partial charge in [-0.2, -0.15) is 0 Å². The zero-order valence-corrected chi connectivity index (χ0v) is 17.7. The molecule has 1 aliphatic carbocycles. The number of rotatable bonds is 6. The minimum Gasteiger partial charge on any atom is -0.497 e. The Bertz CT molecular complexity index is 1020. The van der Waals surface area contributed by atoms with Crippen LogP contribution in [0.3, 0.4) is 0 Å². The third kappa shape index (κ3) is 3.85. The summed E-state index contributed by atoms with van der Waals surface area (Å²) in [6.45, 7) is 4.42. The quantitative estimate of drug-likeness (QED) is 0.608. The summed E-state index contributed by atoms with van der Waals surface area (Å²) in [5.41, 5.74) is 4.74. The lowest BCUT2D eigenvalue weighted by molar-refractivity contribution is 0.0560. The van der Waals surface area contributed by atoms with Crippen LogP contribution in [0.5, 0.6) is 0 Å². The molecule has 0 saturated heterocycles. The molecular weight excluding hydrogens is 380 g/mol. The summed E-state index contributed by atoms with van der Waals surface area (Å²) in [5, 5.41) is 0. The molecule has 5 heteroatoms. The first-order chi connectivity index (χ1) is 14.5. The second-order valence-corrected chi connectivity index (χ2v) is 7.68. The van der Waals surface area contributed by atoms with Crippen LogP contribution in [0.1, 0.15) is 58.0 Å². The monoisotopic (exact) mass is 406 g/mol. The Hall–Kier alpha value is -3.05. The van der Waals surface area contributed by atoms with Gasteiger partial charge in [0.2, 0.25) is 0 Å². The SMILES string of the molecule is COC1=C(OCc2ccc(C)cc2)C=C2OC(=O)c3cc(C(C)OC)ccc3C2C1. The van der Waals surface area contributed by atoms with Crippen LogP contribution in [0.4, 0.5) is 0 Å². The Balaban J connectivity index is 1.60. The number of aryl methyl sites for hydroxylation is 1. The summed E-state index contributed by atoms with van der Waals surface area (Å²) >= 11 is 0. The van der Waals surface area contributed by atoms with Gasteiger partial charge < -0.3 is 18.9 Å². The van der Waals surface area contributed by atoms with E-state index >= 15 is 0 Å². The van der Waals surface area contributed by atoms with Gasteiger partial charge in [0.25, 0.3) is 0 Å². The minimum atomic E-state index is -0.351. The molecule has 0 bridgehead atoms. The Morgan fingerprint density at radius 1 is 1.13 bits per heavy atom. The molecule has 1 aliphatic heterocycles. The highest BCUT2D eigenvalue weighted by molar-refractivity contribution is 5.94. The first kappa shape index (κ1) is 20.2. The lowest BCUT2D eigenvalue weighted by Crippen LogP contribution is -2.25. The number of esters is 1. The highest BCUT2D eigenvalue weighted by atomic mass is 16.5. The number of benzene rings is 2. The van der Waals surface area contributed by atoms with Crippen molar-refractivity contribution in [1.29, 1.82) is 0 Å². The standard InChI is InChI=1S/C25H26O5/c1-15-5-7-17(8-6-15)14-29-24-13-22-20(12-23(24)28-4)19-10-9-18(16(2)27-3)11-21(19)25(26)30-22/h5-11,13,16,20H,12,14H2,1-4H3. The van der Waals surface area contributed by atoms with E-state index in [4.69, 9.17) is 18.9 Å². The summed E-state index contributed by atoms with van der Waals surface area (Å²) in [6, 6.07) is 14.0. The maximum atomic E-state index is 12.7. The molecule has 0 N–H and O–H groups in total. The van der Waals surface area contributed by atoms with E-state index in [0.29, 0.717) is 30.1 Å². The van der Waals surface area contributed by atoms with Crippen molar-refractivity contribution in [3.05, 3.63) is 93.6 Å². The number of ether oxygens (including phenoxy) is 4. The fourth-order valence-electron chi connectivity index (χ4n) is 3.82. The first-order valence-electron chi connectivity index (χ1n) is 10.1. The molecule has 156 valence electrons. The summed E-state index contributed by atoms with van der Waals surface area (Å²) < 4.78 is 22.7. The van der Waals surface area contributed by atoms with E-state index in [0.717, 1.165) is 22.4 Å². The maximum absolute atomic E-state index is 12.7. The van der Waals surface area contributed by atoms with Crippen molar-refractivity contribution in [1.82, 2.24) is 0 Å². The highest BCUT2D eigenvalue weighted by Gasteiger charge is 2.36. The fourth-order valence-corrected chi connectivity index (χ4v) is 3.82. The Labute approximate surface area is 176 Å². The summed E-state index contributed by atoms with van der Waals surface area (Å²) in [4.78, 5) is 12.7. The summed E-state index contributed by atoms with van der Waals surface area (Å²) in [5.74, 6) is 1.52. The van der Waals surface area contributed by atoms with Crippen LogP contribution in [-0.2, 0) is 25.6 Å². The number of hydrogen-bond donors (Lipinski definition) is 0. The normalized spacial score (nSPS) is 18.7. The van der Waals surface area contributed by atoms with Crippen molar-refractivity contribution in [2.75, 3.05) is 14.2 Å². The molecule has 2 aliphatic rings. The molecule has 30 heavy (non-hydrogen) atoms. The Morgan fingerprint density at radius 3 is 2.60 bits per heavy atom. The van der Waals surface area contributed by atoms with Crippen LogP contribution >= 0.6 is 0 Å². The lowest BCUT2D eigenvalue weighted by Gasteiger charge is -2.31. The summed E-state index contributed by atoms with van der Waals surface area (Å²) in [6.07, 6.45) is 2.27. The van der Waals surface area contributed by atoms with Gasteiger partial charge in [0.1, 0.15) is 18.1 Å². The number of carbonyl (C=O) groups excluding carboxylic acids is 1. The lowest BCUT2D eigenvalue weighted by atomic mass is 9.83. The third-order valence-corrected chi connectivity index (χ3v) is 5.75. The largest absolute Gasteiger partial charge is 0.497 e. The molecule has 2 aromatic carbocycles. The van der Waals surface area contributed by atoms with E-state index in [1.807, 2.05) is 37.3 Å². The number of carbonyl (C=O) groups is 1. The second kappa shape index (κ2) is 8.36. The van der Waals surface area contributed by atoms with Gasteiger partial charge in [-0.3, -0.25) is 0 Å². The molecule has 4 rings (SSSR count). The topological polar surface area (TPSA) is 54.0 Å². The van der Waals surface area contributed by atoms with Crippen LogP contribution in [0, 0.1) is 6.92 Å². The third-order valence-electron chi connectivity index (χ3n) is 5.75. The molecule has 0 saturated carbocycles. The van der Waals surface area contributed by atoms with E-state index in [2.05, 4.69) is 19.1 Å². The Morgan fingerprint density at radius 2 is 1.90 bits per heavy atom. The molecule has 2 unspecified atom stereocenters. The predicted molar refractivity (Wildman–Crippen MR) is 113 cm³/mol. The zero-order valence-electron chi connectivity index (χ0n) is 17.7. The van der Waals surface area contributed by atoms with Crippen LogP contribution in [0.15, 0.2) is 65.8 Å².